The molecule has 14 heavy (non-hydrogen) atoms. The van der Waals surface area contributed by atoms with Crippen LogP contribution in [-0.4, -0.2) is 39.9 Å². The minimum Gasteiger partial charge on any atom is -0.469 e. The summed E-state index contributed by atoms with van der Waals surface area (Å²) in [5, 5.41) is 3.22. The standard InChI is InChI=1S/C10H19NO3/c1-7(6-13-2)8-4-11-5-9(8)10(12)14-3/h7-9,11H,4-6H2,1-3H3. The van der Waals surface area contributed by atoms with Crippen molar-refractivity contribution in [1.82, 2.24) is 5.32 Å². The van der Waals surface area contributed by atoms with Gasteiger partial charge >= 0.3 is 5.97 Å². The fraction of sp³-hybridized carbons (Fsp3) is 0.900. The summed E-state index contributed by atoms with van der Waals surface area (Å²) >= 11 is 0. The Morgan fingerprint density at radius 1 is 1.50 bits per heavy atom. The summed E-state index contributed by atoms with van der Waals surface area (Å²) in [4.78, 5) is 11.4. The predicted molar refractivity (Wildman–Crippen MR) is 52.9 cm³/mol. The number of ether oxygens (including phenoxy) is 2. The molecule has 82 valence electrons. The van der Waals surface area contributed by atoms with Gasteiger partial charge < -0.3 is 14.8 Å². The normalized spacial score (nSPS) is 28.8. The predicted octanol–water partition coefficient (Wildman–Crippen LogP) is 0.277. The molecule has 0 saturated carbocycles. The first-order valence-corrected chi connectivity index (χ1v) is 4.98. The van der Waals surface area contributed by atoms with Crippen LogP contribution in [0.25, 0.3) is 0 Å². The molecule has 1 heterocycles. The van der Waals surface area contributed by atoms with Gasteiger partial charge in [0.15, 0.2) is 0 Å². The van der Waals surface area contributed by atoms with Crippen molar-refractivity contribution in [3.8, 4) is 0 Å². The van der Waals surface area contributed by atoms with Crippen LogP contribution >= 0.6 is 0 Å². The van der Waals surface area contributed by atoms with E-state index in [1.807, 2.05) is 0 Å². The van der Waals surface area contributed by atoms with Crippen molar-refractivity contribution in [2.45, 2.75) is 6.92 Å². The SMILES string of the molecule is COCC(C)C1CNCC1C(=O)OC. The Labute approximate surface area is 85.0 Å². The minimum absolute atomic E-state index is 0.00912. The second-order valence-electron chi connectivity index (χ2n) is 3.88. The first kappa shape index (κ1) is 11.5. The van der Waals surface area contributed by atoms with Crippen LogP contribution < -0.4 is 5.32 Å². The molecule has 0 aromatic rings. The molecule has 0 bridgehead atoms. The Morgan fingerprint density at radius 3 is 2.79 bits per heavy atom. The summed E-state index contributed by atoms with van der Waals surface area (Å²) in [6, 6.07) is 0. The lowest BCUT2D eigenvalue weighted by atomic mass is 9.85. The molecular weight excluding hydrogens is 182 g/mol. The monoisotopic (exact) mass is 201 g/mol. The van der Waals surface area contributed by atoms with Crippen LogP contribution in [0.4, 0.5) is 0 Å². The van der Waals surface area contributed by atoms with Crippen molar-refractivity contribution >= 4 is 5.97 Å². The van der Waals surface area contributed by atoms with E-state index in [1.165, 1.54) is 7.11 Å². The highest BCUT2D eigenvalue weighted by Crippen LogP contribution is 2.25. The molecule has 1 fully saturated rings. The van der Waals surface area contributed by atoms with Crippen LogP contribution in [0, 0.1) is 17.8 Å². The Balaban J connectivity index is 2.54. The van der Waals surface area contributed by atoms with E-state index < -0.39 is 0 Å². The van der Waals surface area contributed by atoms with Gasteiger partial charge in [-0.15, -0.1) is 0 Å². The van der Waals surface area contributed by atoms with E-state index in [0.29, 0.717) is 18.4 Å². The van der Waals surface area contributed by atoms with Gasteiger partial charge in [-0.05, 0) is 18.4 Å². The molecule has 0 radical (unpaired) electrons. The van der Waals surface area contributed by atoms with Crippen molar-refractivity contribution < 1.29 is 14.3 Å². The van der Waals surface area contributed by atoms with Gasteiger partial charge in [0.1, 0.15) is 0 Å². The molecule has 0 amide bonds. The Bertz CT molecular complexity index is 196. The molecule has 3 unspecified atom stereocenters. The van der Waals surface area contributed by atoms with Crippen molar-refractivity contribution in [1.29, 1.82) is 0 Å². The maximum absolute atomic E-state index is 11.4. The average molecular weight is 201 g/mol. The maximum atomic E-state index is 11.4. The topological polar surface area (TPSA) is 47.6 Å². The van der Waals surface area contributed by atoms with Crippen molar-refractivity contribution in [2.75, 3.05) is 33.9 Å². The van der Waals surface area contributed by atoms with Crippen LogP contribution in [0.5, 0.6) is 0 Å². The number of esters is 1. The number of nitrogens with one attached hydrogen (secondary N) is 1. The summed E-state index contributed by atoms with van der Waals surface area (Å²) in [6.07, 6.45) is 0. The van der Waals surface area contributed by atoms with E-state index in [0.717, 1.165) is 13.1 Å². The van der Waals surface area contributed by atoms with Crippen LogP contribution in [-0.2, 0) is 14.3 Å². The largest absolute Gasteiger partial charge is 0.469 e. The third-order valence-electron chi connectivity index (χ3n) is 2.93. The Kier molecular flexibility index (Phi) is 4.35. The number of carbonyl (C=O) groups excluding carboxylic acids is 1. The first-order chi connectivity index (χ1) is 6.70. The van der Waals surface area contributed by atoms with Gasteiger partial charge in [0.2, 0.25) is 0 Å². The molecule has 4 heteroatoms. The molecule has 1 aliphatic rings. The lowest BCUT2D eigenvalue weighted by Crippen LogP contribution is -2.30. The van der Waals surface area contributed by atoms with Gasteiger partial charge in [0, 0.05) is 20.3 Å². The molecule has 1 rings (SSSR count). The van der Waals surface area contributed by atoms with Crippen molar-refractivity contribution in [3.63, 3.8) is 0 Å². The highest BCUT2D eigenvalue weighted by atomic mass is 16.5. The zero-order valence-electron chi connectivity index (χ0n) is 9.08. The van der Waals surface area contributed by atoms with Gasteiger partial charge in [-0.1, -0.05) is 6.92 Å². The molecule has 3 atom stereocenters. The zero-order valence-corrected chi connectivity index (χ0v) is 9.08. The van der Waals surface area contributed by atoms with E-state index in [4.69, 9.17) is 9.47 Å². The number of rotatable bonds is 4. The number of methoxy groups -OCH3 is 2. The first-order valence-electron chi connectivity index (χ1n) is 4.98. The maximum Gasteiger partial charge on any atom is 0.310 e. The van der Waals surface area contributed by atoms with Crippen molar-refractivity contribution in [2.24, 2.45) is 17.8 Å². The van der Waals surface area contributed by atoms with Crippen LogP contribution in [0.3, 0.4) is 0 Å². The van der Waals surface area contributed by atoms with E-state index in [-0.39, 0.29) is 11.9 Å². The molecule has 1 aliphatic heterocycles. The van der Waals surface area contributed by atoms with Gasteiger partial charge in [0.25, 0.3) is 0 Å². The van der Waals surface area contributed by atoms with Crippen LogP contribution in [0.15, 0.2) is 0 Å². The van der Waals surface area contributed by atoms with Gasteiger partial charge in [0.05, 0.1) is 13.0 Å². The summed E-state index contributed by atoms with van der Waals surface area (Å²) in [6.45, 7) is 4.41. The lowest BCUT2D eigenvalue weighted by Gasteiger charge is -2.22. The molecule has 0 aliphatic carbocycles. The lowest BCUT2D eigenvalue weighted by molar-refractivity contribution is -0.146. The van der Waals surface area contributed by atoms with Crippen LogP contribution in [0.2, 0.25) is 0 Å². The number of hydrogen-bond acceptors (Lipinski definition) is 4. The third-order valence-corrected chi connectivity index (χ3v) is 2.93. The quantitative estimate of drug-likeness (QED) is 0.664. The molecule has 0 aromatic carbocycles. The number of carbonyl (C=O) groups is 1. The van der Waals surface area contributed by atoms with E-state index >= 15 is 0 Å². The fourth-order valence-corrected chi connectivity index (χ4v) is 2.09. The Hall–Kier alpha value is -0.610. The molecule has 0 spiro atoms. The average Bonchev–Trinajstić information content (AvgIpc) is 2.65. The van der Waals surface area contributed by atoms with Gasteiger partial charge in [-0.2, -0.15) is 0 Å². The summed E-state index contributed by atoms with van der Waals surface area (Å²) in [7, 11) is 3.13. The summed E-state index contributed by atoms with van der Waals surface area (Å²) < 4.78 is 9.87. The molecule has 0 aromatic heterocycles. The summed E-state index contributed by atoms with van der Waals surface area (Å²) in [5.74, 6) is 0.606. The third kappa shape index (κ3) is 2.45. The fourth-order valence-electron chi connectivity index (χ4n) is 2.09. The van der Waals surface area contributed by atoms with E-state index in [1.54, 1.807) is 7.11 Å². The van der Waals surface area contributed by atoms with E-state index in [9.17, 15) is 4.79 Å². The zero-order chi connectivity index (χ0) is 10.6. The Morgan fingerprint density at radius 2 is 2.21 bits per heavy atom. The van der Waals surface area contributed by atoms with Gasteiger partial charge in [-0.25, -0.2) is 0 Å². The highest BCUT2D eigenvalue weighted by molar-refractivity contribution is 5.73. The van der Waals surface area contributed by atoms with Crippen LogP contribution in [0.1, 0.15) is 6.92 Å². The van der Waals surface area contributed by atoms with Crippen molar-refractivity contribution in [3.05, 3.63) is 0 Å². The molecule has 1 saturated heterocycles. The highest BCUT2D eigenvalue weighted by Gasteiger charge is 2.36. The molecule has 1 N–H and O–H groups in total. The second-order valence-corrected chi connectivity index (χ2v) is 3.88. The molecule has 4 nitrogen and oxygen atoms in total. The second kappa shape index (κ2) is 5.32. The number of hydrogen-bond donors (Lipinski definition) is 1. The van der Waals surface area contributed by atoms with E-state index in [2.05, 4.69) is 12.2 Å². The molecular formula is C10H19NO3. The smallest absolute Gasteiger partial charge is 0.310 e. The summed E-state index contributed by atoms with van der Waals surface area (Å²) in [5.41, 5.74) is 0. The minimum atomic E-state index is -0.108. The van der Waals surface area contributed by atoms with Gasteiger partial charge in [-0.3, -0.25) is 4.79 Å².